The number of hydrogen-bond acceptors (Lipinski definition) is 7. The number of hydrogen-bond donors (Lipinski definition) is 1. The van der Waals surface area contributed by atoms with E-state index in [1.165, 1.54) is 12.3 Å². The normalized spacial score (nSPS) is 13.3. The fourth-order valence-corrected chi connectivity index (χ4v) is 4.46. The van der Waals surface area contributed by atoms with Crippen molar-refractivity contribution in [3.05, 3.63) is 76.9 Å². The van der Waals surface area contributed by atoms with Gasteiger partial charge in [-0.15, -0.1) is 0 Å². The molecule has 0 unspecified atom stereocenters. The van der Waals surface area contributed by atoms with Crippen molar-refractivity contribution in [3.8, 4) is 0 Å². The van der Waals surface area contributed by atoms with E-state index in [-0.39, 0.29) is 30.5 Å². The van der Waals surface area contributed by atoms with Gasteiger partial charge in [-0.2, -0.15) is 13.2 Å². The topological polar surface area (TPSA) is 105 Å². The largest absolute Gasteiger partial charge is 0.419 e. The first-order valence-electron chi connectivity index (χ1n) is 11.8. The fourth-order valence-electron chi connectivity index (χ4n) is 3.64. The Morgan fingerprint density at radius 2 is 1.76 bits per heavy atom. The number of pyridine rings is 1. The molecule has 3 aromatic rings. The lowest BCUT2D eigenvalue weighted by molar-refractivity contribution is -0.138. The van der Waals surface area contributed by atoms with Crippen LogP contribution in [0.1, 0.15) is 54.9 Å². The molecule has 1 aliphatic heterocycles. The highest BCUT2D eigenvalue weighted by molar-refractivity contribution is 7.91. The van der Waals surface area contributed by atoms with Gasteiger partial charge in [-0.25, -0.2) is 18.4 Å². The number of alkyl halides is 3. The third-order valence-corrected chi connectivity index (χ3v) is 7.42. The minimum absolute atomic E-state index is 0. The highest BCUT2D eigenvalue weighted by Crippen LogP contribution is 2.29. The van der Waals surface area contributed by atoms with Gasteiger partial charge >= 0.3 is 6.18 Å². The summed E-state index contributed by atoms with van der Waals surface area (Å²) < 4.78 is 62.1. The second-order valence-corrected chi connectivity index (χ2v) is 10.3. The lowest BCUT2D eigenvalue weighted by Crippen LogP contribution is -2.32. The predicted octanol–water partition coefficient (Wildman–Crippen LogP) is 4.45. The predicted molar refractivity (Wildman–Crippen MR) is 135 cm³/mol. The quantitative estimate of drug-likeness (QED) is 0.495. The molecule has 0 aliphatic carbocycles. The van der Waals surface area contributed by atoms with Gasteiger partial charge in [0.1, 0.15) is 0 Å². The van der Waals surface area contributed by atoms with E-state index in [1.54, 1.807) is 30.0 Å². The number of anilines is 1. The van der Waals surface area contributed by atoms with E-state index >= 15 is 0 Å². The highest BCUT2D eigenvalue weighted by Gasteiger charge is 2.32. The van der Waals surface area contributed by atoms with Crippen LogP contribution in [0.5, 0.6) is 0 Å². The van der Waals surface area contributed by atoms with Gasteiger partial charge < -0.3 is 10.2 Å². The highest BCUT2D eigenvalue weighted by atomic mass is 32.2. The minimum Gasteiger partial charge on any atom is -0.346 e. The molecule has 0 saturated carbocycles. The van der Waals surface area contributed by atoms with Gasteiger partial charge in [-0.3, -0.25) is 9.78 Å². The Balaban J connectivity index is 0.00000165. The molecule has 1 amide bonds. The maximum absolute atomic E-state index is 12.8. The molecular formula is C25H30F3N5O3S. The summed E-state index contributed by atoms with van der Waals surface area (Å²) in [6.07, 6.45) is -1.06. The van der Waals surface area contributed by atoms with Crippen LogP contribution in [0.2, 0.25) is 0 Å². The molecule has 1 N–H and O–H groups in total. The first-order chi connectivity index (χ1) is 17.6. The van der Waals surface area contributed by atoms with E-state index in [4.69, 9.17) is 0 Å². The molecule has 37 heavy (non-hydrogen) atoms. The van der Waals surface area contributed by atoms with E-state index in [2.05, 4.69) is 20.3 Å². The molecule has 0 fully saturated rings. The van der Waals surface area contributed by atoms with Crippen LogP contribution in [0.25, 0.3) is 0 Å². The lowest BCUT2D eigenvalue weighted by atomic mass is 9.97. The van der Waals surface area contributed by atoms with Crippen molar-refractivity contribution in [1.29, 1.82) is 0 Å². The standard InChI is InChI=1S/C23H22F3N5O3S.C2H6.H2/c1-2-35(33,34)20-6-5-19(27-13-20)12-28-21(32)16-4-3-15-7-8-31(14-17(15)9-16)22-29-10-18(11-30-22)23(24,25)26;1-2;/h3-6,9-11,13H,2,7-8,12,14H2,1H3,(H,28,32);1-2H3;1H. The van der Waals surface area contributed by atoms with Gasteiger partial charge in [0.15, 0.2) is 9.84 Å². The maximum Gasteiger partial charge on any atom is 0.419 e. The average molecular weight is 538 g/mol. The Bertz CT molecular complexity index is 1340. The summed E-state index contributed by atoms with van der Waals surface area (Å²) in [6, 6.07) is 8.33. The lowest BCUT2D eigenvalue weighted by Gasteiger charge is -2.29. The monoisotopic (exact) mass is 537 g/mol. The molecule has 8 nitrogen and oxygen atoms in total. The van der Waals surface area contributed by atoms with E-state index in [0.29, 0.717) is 30.8 Å². The Morgan fingerprint density at radius 1 is 1.05 bits per heavy atom. The van der Waals surface area contributed by atoms with Crippen molar-refractivity contribution >= 4 is 21.7 Å². The molecule has 4 rings (SSSR count). The molecule has 1 aromatic carbocycles. The SMILES string of the molecule is CC.CCS(=O)(=O)c1ccc(CNC(=O)c2ccc3c(c2)CN(c2ncc(C(F)(F)F)cn2)CC3)nc1.[HH]. The van der Waals surface area contributed by atoms with Crippen LogP contribution in [0.4, 0.5) is 19.1 Å². The van der Waals surface area contributed by atoms with Gasteiger partial charge in [0.2, 0.25) is 5.95 Å². The summed E-state index contributed by atoms with van der Waals surface area (Å²) in [6.45, 7) is 6.57. The van der Waals surface area contributed by atoms with E-state index in [1.807, 2.05) is 19.9 Å². The molecule has 0 atom stereocenters. The van der Waals surface area contributed by atoms with Crippen molar-refractivity contribution < 1.29 is 27.8 Å². The summed E-state index contributed by atoms with van der Waals surface area (Å²) >= 11 is 0. The molecule has 1 aliphatic rings. The molecule has 12 heteroatoms. The van der Waals surface area contributed by atoms with Crippen LogP contribution in [0.3, 0.4) is 0 Å². The first kappa shape index (κ1) is 28.0. The zero-order chi connectivity index (χ0) is 27.2. The van der Waals surface area contributed by atoms with E-state index < -0.39 is 21.6 Å². The van der Waals surface area contributed by atoms with Crippen molar-refractivity contribution in [2.45, 2.75) is 51.4 Å². The van der Waals surface area contributed by atoms with Gasteiger partial charge in [0.05, 0.1) is 28.5 Å². The summed E-state index contributed by atoms with van der Waals surface area (Å²) in [5, 5.41) is 2.76. The molecular weight excluding hydrogens is 507 g/mol. The number of aromatic nitrogens is 3. The van der Waals surface area contributed by atoms with Crippen LogP contribution in [-0.2, 0) is 35.5 Å². The molecule has 200 valence electrons. The minimum atomic E-state index is -4.50. The number of rotatable bonds is 6. The van der Waals surface area contributed by atoms with Crippen LogP contribution in [0.15, 0.2) is 53.8 Å². The maximum atomic E-state index is 12.8. The number of carbonyl (C=O) groups excluding carboxylic acids is 1. The number of benzene rings is 1. The van der Waals surface area contributed by atoms with Crippen LogP contribution < -0.4 is 10.2 Å². The van der Waals surface area contributed by atoms with Crippen LogP contribution in [-0.4, -0.2) is 41.6 Å². The summed E-state index contributed by atoms with van der Waals surface area (Å²) in [5.41, 5.74) is 1.92. The van der Waals surface area contributed by atoms with Crippen molar-refractivity contribution in [2.24, 2.45) is 0 Å². The number of halogens is 3. The third kappa shape index (κ3) is 6.82. The molecule has 0 spiro atoms. The van der Waals surface area contributed by atoms with Gasteiger partial charge in [0.25, 0.3) is 5.91 Å². The van der Waals surface area contributed by atoms with Gasteiger partial charge in [0, 0.05) is 38.7 Å². The number of sulfone groups is 1. The van der Waals surface area contributed by atoms with Crippen LogP contribution in [0, 0.1) is 0 Å². The number of carbonyl (C=O) groups is 1. The Kier molecular flexibility index (Phi) is 8.85. The molecule has 0 bridgehead atoms. The second kappa shape index (κ2) is 11.7. The Morgan fingerprint density at radius 3 is 2.35 bits per heavy atom. The number of nitrogens with one attached hydrogen (secondary N) is 1. The van der Waals surface area contributed by atoms with Gasteiger partial charge in [-0.05, 0) is 41.8 Å². The number of amides is 1. The van der Waals surface area contributed by atoms with E-state index in [9.17, 15) is 26.4 Å². The second-order valence-electron chi connectivity index (χ2n) is 8.00. The fraction of sp³-hybridized carbons (Fsp3) is 0.360. The molecule has 2 aromatic heterocycles. The van der Waals surface area contributed by atoms with Crippen molar-refractivity contribution in [2.75, 3.05) is 17.2 Å². The number of nitrogens with zero attached hydrogens (tertiary/aromatic N) is 4. The van der Waals surface area contributed by atoms with Crippen LogP contribution >= 0.6 is 0 Å². The molecule has 3 heterocycles. The average Bonchev–Trinajstić information content (AvgIpc) is 2.92. The van der Waals surface area contributed by atoms with Gasteiger partial charge in [-0.1, -0.05) is 26.8 Å². The molecule has 0 radical (unpaired) electrons. The zero-order valence-electron chi connectivity index (χ0n) is 20.7. The van der Waals surface area contributed by atoms with Crippen molar-refractivity contribution in [1.82, 2.24) is 20.3 Å². The number of fused-ring (bicyclic) bond motifs is 1. The summed E-state index contributed by atoms with van der Waals surface area (Å²) in [5.74, 6) is -0.160. The zero-order valence-corrected chi connectivity index (χ0v) is 21.5. The third-order valence-electron chi connectivity index (χ3n) is 5.70. The summed E-state index contributed by atoms with van der Waals surface area (Å²) in [4.78, 5) is 26.4. The Hall–Kier alpha value is -3.54. The molecule has 0 saturated heterocycles. The smallest absolute Gasteiger partial charge is 0.346 e. The Labute approximate surface area is 215 Å². The first-order valence-corrected chi connectivity index (χ1v) is 13.4. The summed E-state index contributed by atoms with van der Waals surface area (Å²) in [7, 11) is -3.34. The van der Waals surface area contributed by atoms with E-state index in [0.717, 1.165) is 23.5 Å². The van der Waals surface area contributed by atoms with Crippen molar-refractivity contribution in [3.63, 3.8) is 0 Å².